The van der Waals surface area contributed by atoms with Crippen LogP contribution in [0.25, 0.3) is 11.1 Å². The Bertz CT molecular complexity index is 789. The van der Waals surface area contributed by atoms with Crippen LogP contribution in [0.15, 0.2) is 30.3 Å². The van der Waals surface area contributed by atoms with Gasteiger partial charge in [0, 0.05) is 17.2 Å². The fourth-order valence-corrected chi connectivity index (χ4v) is 2.78. The van der Waals surface area contributed by atoms with Crippen LogP contribution >= 0.6 is 0 Å². The highest BCUT2D eigenvalue weighted by atomic mass is 19.3. The molecule has 0 aromatic heterocycles. The summed E-state index contributed by atoms with van der Waals surface area (Å²) in [5, 5.41) is 10.1. The first-order valence-electron chi connectivity index (χ1n) is 8.07. The Labute approximate surface area is 149 Å². The third-order valence-electron chi connectivity index (χ3n) is 3.99. The molecule has 0 aliphatic carbocycles. The minimum atomic E-state index is -3.07. The van der Waals surface area contributed by atoms with Crippen molar-refractivity contribution in [3.8, 4) is 16.9 Å². The molecule has 4 nitrogen and oxygen atoms in total. The zero-order chi connectivity index (χ0) is 19.4. The van der Waals surface area contributed by atoms with Gasteiger partial charge in [0.15, 0.2) is 0 Å². The Balaban J connectivity index is 2.58. The number of hydrogen-bond acceptors (Lipinski definition) is 4. The van der Waals surface area contributed by atoms with Crippen LogP contribution in [0.5, 0.6) is 5.75 Å². The molecule has 2 rings (SSSR count). The second-order valence-electron chi connectivity index (χ2n) is 5.85. The van der Waals surface area contributed by atoms with E-state index in [-0.39, 0.29) is 29.9 Å². The first-order valence-corrected chi connectivity index (χ1v) is 8.07. The SMILES string of the molecule is CCOC(=O)C[C@H](N)c1cc(-c2c(C)cccc2O)cc(C(F)F)c1F. The van der Waals surface area contributed by atoms with Crippen molar-refractivity contribution in [2.24, 2.45) is 5.73 Å². The monoisotopic (exact) mass is 367 g/mol. The minimum Gasteiger partial charge on any atom is -0.507 e. The first kappa shape index (κ1) is 19.8. The molecule has 0 heterocycles. The number of ether oxygens (including phenoxy) is 1. The van der Waals surface area contributed by atoms with Gasteiger partial charge in [-0.2, -0.15) is 0 Å². The number of phenolic OH excluding ortho intramolecular Hbond substituents is 1. The summed E-state index contributed by atoms with van der Waals surface area (Å²) in [4.78, 5) is 11.6. The Morgan fingerprint density at radius 1 is 1.27 bits per heavy atom. The van der Waals surface area contributed by atoms with Crippen molar-refractivity contribution in [2.75, 3.05) is 6.61 Å². The summed E-state index contributed by atoms with van der Waals surface area (Å²) >= 11 is 0. The number of benzene rings is 2. The summed E-state index contributed by atoms with van der Waals surface area (Å²) in [6.45, 7) is 3.44. The molecule has 0 unspecified atom stereocenters. The maximum Gasteiger partial charge on any atom is 0.307 e. The molecular formula is C19H20F3NO3. The van der Waals surface area contributed by atoms with E-state index in [0.29, 0.717) is 11.1 Å². The smallest absolute Gasteiger partial charge is 0.307 e. The van der Waals surface area contributed by atoms with Gasteiger partial charge in [0.2, 0.25) is 0 Å². The Morgan fingerprint density at radius 2 is 1.92 bits per heavy atom. The predicted octanol–water partition coefficient (Wildman–Crippen LogP) is 4.40. The Hall–Kier alpha value is -2.54. The van der Waals surface area contributed by atoms with E-state index >= 15 is 0 Å². The third-order valence-corrected chi connectivity index (χ3v) is 3.99. The highest BCUT2D eigenvalue weighted by molar-refractivity contribution is 5.75. The summed E-state index contributed by atoms with van der Waals surface area (Å²) < 4.78 is 45.9. The van der Waals surface area contributed by atoms with Gasteiger partial charge in [-0.1, -0.05) is 12.1 Å². The van der Waals surface area contributed by atoms with Crippen LogP contribution in [-0.2, 0) is 9.53 Å². The van der Waals surface area contributed by atoms with Gasteiger partial charge in [-0.05, 0) is 43.2 Å². The lowest BCUT2D eigenvalue weighted by molar-refractivity contribution is -0.143. The number of carbonyl (C=O) groups is 1. The lowest BCUT2D eigenvalue weighted by Crippen LogP contribution is -2.19. The average molecular weight is 367 g/mol. The molecule has 7 heteroatoms. The molecule has 140 valence electrons. The quantitative estimate of drug-likeness (QED) is 0.743. The summed E-state index contributed by atoms with van der Waals surface area (Å²) in [5.41, 5.74) is 5.94. The summed E-state index contributed by atoms with van der Waals surface area (Å²) in [6, 6.07) is 5.83. The number of halogens is 3. The van der Waals surface area contributed by atoms with Gasteiger partial charge < -0.3 is 15.6 Å². The van der Waals surface area contributed by atoms with Crippen molar-refractivity contribution in [1.82, 2.24) is 0 Å². The molecule has 0 saturated carbocycles. The van der Waals surface area contributed by atoms with Crippen LogP contribution in [0.1, 0.15) is 42.5 Å². The molecule has 0 saturated heterocycles. The van der Waals surface area contributed by atoms with Crippen molar-refractivity contribution in [3.63, 3.8) is 0 Å². The van der Waals surface area contributed by atoms with E-state index in [0.717, 1.165) is 6.07 Å². The lowest BCUT2D eigenvalue weighted by Gasteiger charge is -2.18. The van der Waals surface area contributed by atoms with E-state index in [9.17, 15) is 23.1 Å². The third kappa shape index (κ3) is 4.16. The lowest BCUT2D eigenvalue weighted by atomic mass is 9.92. The van der Waals surface area contributed by atoms with Crippen LogP contribution in [0.2, 0.25) is 0 Å². The standard InChI is InChI=1S/C19H20F3NO3/c1-3-26-16(25)9-14(23)12-7-11(8-13(18(12)20)19(21)22)17-10(2)5-4-6-15(17)24/h4-8,14,19,24H,3,9,23H2,1-2H3/t14-/m0/s1. The van der Waals surface area contributed by atoms with Gasteiger partial charge in [0.05, 0.1) is 18.6 Å². The molecule has 2 aromatic carbocycles. The predicted molar refractivity (Wildman–Crippen MR) is 91.4 cm³/mol. The van der Waals surface area contributed by atoms with Gasteiger partial charge in [-0.15, -0.1) is 0 Å². The van der Waals surface area contributed by atoms with E-state index in [1.54, 1.807) is 26.0 Å². The number of hydrogen-bond donors (Lipinski definition) is 2. The van der Waals surface area contributed by atoms with E-state index in [1.165, 1.54) is 12.1 Å². The number of alkyl halides is 2. The Morgan fingerprint density at radius 3 is 2.50 bits per heavy atom. The van der Waals surface area contributed by atoms with Crippen LogP contribution in [0.4, 0.5) is 13.2 Å². The van der Waals surface area contributed by atoms with Gasteiger partial charge in [0.1, 0.15) is 11.6 Å². The molecule has 0 bridgehead atoms. The van der Waals surface area contributed by atoms with Crippen molar-refractivity contribution < 1.29 is 27.8 Å². The van der Waals surface area contributed by atoms with Gasteiger partial charge in [0.25, 0.3) is 6.43 Å². The zero-order valence-electron chi connectivity index (χ0n) is 14.4. The van der Waals surface area contributed by atoms with Crippen LogP contribution in [-0.4, -0.2) is 17.7 Å². The second-order valence-corrected chi connectivity index (χ2v) is 5.85. The number of aryl methyl sites for hydroxylation is 1. The molecule has 26 heavy (non-hydrogen) atoms. The van der Waals surface area contributed by atoms with E-state index in [2.05, 4.69) is 0 Å². The topological polar surface area (TPSA) is 72.5 Å². The van der Waals surface area contributed by atoms with Crippen molar-refractivity contribution in [3.05, 3.63) is 52.8 Å². The maximum atomic E-state index is 14.5. The number of aromatic hydroxyl groups is 1. The summed E-state index contributed by atoms with van der Waals surface area (Å²) in [7, 11) is 0. The molecule has 0 spiro atoms. The zero-order valence-corrected chi connectivity index (χ0v) is 14.4. The number of rotatable bonds is 6. The molecule has 1 atom stereocenters. The molecule has 0 aliphatic heterocycles. The van der Waals surface area contributed by atoms with Crippen molar-refractivity contribution >= 4 is 5.97 Å². The normalized spacial score (nSPS) is 12.3. The van der Waals surface area contributed by atoms with Crippen LogP contribution < -0.4 is 5.73 Å². The molecule has 3 N–H and O–H groups in total. The largest absolute Gasteiger partial charge is 0.507 e. The minimum absolute atomic E-state index is 0.123. The van der Waals surface area contributed by atoms with E-state index in [4.69, 9.17) is 10.5 Å². The van der Waals surface area contributed by atoms with Gasteiger partial charge >= 0.3 is 5.97 Å². The molecule has 0 amide bonds. The number of nitrogens with two attached hydrogens (primary N) is 1. The molecule has 2 aromatic rings. The fraction of sp³-hybridized carbons (Fsp3) is 0.316. The highest BCUT2D eigenvalue weighted by Gasteiger charge is 2.24. The van der Waals surface area contributed by atoms with Crippen molar-refractivity contribution in [1.29, 1.82) is 0 Å². The summed E-state index contributed by atoms with van der Waals surface area (Å²) in [5.74, 6) is -1.93. The fourth-order valence-electron chi connectivity index (χ4n) is 2.78. The molecule has 0 radical (unpaired) electrons. The maximum absolute atomic E-state index is 14.5. The molecular weight excluding hydrogens is 347 g/mol. The van der Waals surface area contributed by atoms with Gasteiger partial charge in [-0.25, -0.2) is 13.2 Å². The molecule has 0 aliphatic rings. The van der Waals surface area contributed by atoms with Crippen molar-refractivity contribution in [2.45, 2.75) is 32.7 Å². The highest BCUT2D eigenvalue weighted by Crippen LogP contribution is 2.38. The Kier molecular flexibility index (Phi) is 6.26. The van der Waals surface area contributed by atoms with E-state index in [1.807, 2.05) is 0 Å². The van der Waals surface area contributed by atoms with Crippen LogP contribution in [0, 0.1) is 12.7 Å². The average Bonchev–Trinajstić information content (AvgIpc) is 2.55. The number of carbonyl (C=O) groups excluding carboxylic acids is 1. The van der Waals surface area contributed by atoms with Crippen LogP contribution in [0.3, 0.4) is 0 Å². The second kappa shape index (κ2) is 8.23. The van der Waals surface area contributed by atoms with Gasteiger partial charge in [-0.3, -0.25) is 4.79 Å². The first-order chi connectivity index (χ1) is 12.3. The van der Waals surface area contributed by atoms with E-state index < -0.39 is 29.8 Å². The molecule has 0 fully saturated rings. The number of esters is 1. The number of phenols is 1. The summed E-state index contributed by atoms with van der Waals surface area (Å²) in [6.07, 6.45) is -3.42.